The van der Waals surface area contributed by atoms with E-state index in [0.717, 1.165) is 28.0 Å². The van der Waals surface area contributed by atoms with Crippen molar-refractivity contribution in [2.45, 2.75) is 19.8 Å². The number of benzene rings is 1. The molecule has 1 aromatic carbocycles. The van der Waals surface area contributed by atoms with Gasteiger partial charge in [0.1, 0.15) is 16.5 Å². The first-order chi connectivity index (χ1) is 10.5. The predicted molar refractivity (Wildman–Crippen MR) is 94.9 cm³/mol. The lowest BCUT2D eigenvalue weighted by Crippen LogP contribution is -2.15. The molecule has 0 aliphatic carbocycles. The number of carbonyl (C=O) groups is 1. The van der Waals surface area contributed by atoms with Crippen LogP contribution in [0, 0.1) is 0 Å². The summed E-state index contributed by atoms with van der Waals surface area (Å²) in [5.41, 5.74) is 2.33. The van der Waals surface area contributed by atoms with Gasteiger partial charge in [0.05, 0.1) is 4.91 Å². The highest BCUT2D eigenvalue weighted by Crippen LogP contribution is 2.29. The molecular weight excluding hydrogens is 314 g/mol. The molecule has 1 fully saturated rings. The van der Waals surface area contributed by atoms with E-state index in [4.69, 9.17) is 16.6 Å². The van der Waals surface area contributed by atoms with Crippen molar-refractivity contribution < 1.29 is 9.21 Å². The van der Waals surface area contributed by atoms with Crippen LogP contribution in [0.25, 0.3) is 17.4 Å². The van der Waals surface area contributed by atoms with Crippen molar-refractivity contribution in [3.63, 3.8) is 0 Å². The topological polar surface area (TPSA) is 42.2 Å². The van der Waals surface area contributed by atoms with Crippen LogP contribution in [0.2, 0.25) is 0 Å². The van der Waals surface area contributed by atoms with E-state index < -0.39 is 0 Å². The van der Waals surface area contributed by atoms with Crippen molar-refractivity contribution >= 4 is 40.3 Å². The largest absolute Gasteiger partial charge is 0.457 e. The van der Waals surface area contributed by atoms with Crippen molar-refractivity contribution in [1.29, 1.82) is 0 Å². The van der Waals surface area contributed by atoms with Crippen molar-refractivity contribution in [2.24, 2.45) is 0 Å². The summed E-state index contributed by atoms with van der Waals surface area (Å²) in [6.07, 6.45) is 1.79. The van der Waals surface area contributed by atoms with Gasteiger partial charge in [0.15, 0.2) is 0 Å². The number of amides is 1. The van der Waals surface area contributed by atoms with Gasteiger partial charge in [0.2, 0.25) is 0 Å². The summed E-state index contributed by atoms with van der Waals surface area (Å²) < 4.78 is 5.83. The Hall–Kier alpha value is -1.85. The first-order valence-corrected chi connectivity index (χ1v) is 8.20. The lowest BCUT2D eigenvalue weighted by atomic mass is 10.0. The minimum atomic E-state index is -0.146. The van der Waals surface area contributed by atoms with Crippen LogP contribution in [0.5, 0.6) is 0 Å². The van der Waals surface area contributed by atoms with E-state index in [0.29, 0.717) is 16.7 Å². The van der Waals surface area contributed by atoms with Crippen LogP contribution < -0.4 is 5.32 Å². The van der Waals surface area contributed by atoms with Crippen LogP contribution in [0.4, 0.5) is 4.79 Å². The van der Waals surface area contributed by atoms with Gasteiger partial charge in [-0.05, 0) is 41.5 Å². The van der Waals surface area contributed by atoms with Crippen LogP contribution in [0.1, 0.15) is 31.1 Å². The van der Waals surface area contributed by atoms with Crippen LogP contribution in [-0.4, -0.2) is 10.2 Å². The summed E-state index contributed by atoms with van der Waals surface area (Å²) in [7, 11) is 0. The molecule has 112 valence electrons. The Morgan fingerprint density at radius 3 is 2.50 bits per heavy atom. The first kappa shape index (κ1) is 15.1. The number of hydrogen-bond acceptors (Lipinski definition) is 4. The third-order valence-corrected chi connectivity index (χ3v) is 4.68. The van der Waals surface area contributed by atoms with Crippen LogP contribution in [0.3, 0.4) is 0 Å². The Morgan fingerprint density at radius 2 is 1.91 bits per heavy atom. The van der Waals surface area contributed by atoms with E-state index >= 15 is 0 Å². The molecular formula is C17H15NO2S2. The molecule has 3 nitrogen and oxygen atoms in total. The predicted octanol–water partition coefficient (Wildman–Crippen LogP) is 5.19. The van der Waals surface area contributed by atoms with Crippen LogP contribution in [0.15, 0.2) is 45.7 Å². The normalized spacial score (nSPS) is 16.6. The second kappa shape index (κ2) is 6.10. The Bertz CT molecular complexity index is 757. The minimum Gasteiger partial charge on any atom is -0.457 e. The van der Waals surface area contributed by atoms with E-state index in [9.17, 15) is 4.79 Å². The van der Waals surface area contributed by atoms with E-state index in [1.54, 1.807) is 6.08 Å². The molecule has 0 unspecified atom stereocenters. The van der Waals surface area contributed by atoms with E-state index in [-0.39, 0.29) is 5.24 Å². The third kappa shape index (κ3) is 3.15. The number of rotatable bonds is 3. The summed E-state index contributed by atoms with van der Waals surface area (Å²) in [4.78, 5) is 12.4. The van der Waals surface area contributed by atoms with Crippen molar-refractivity contribution in [3.8, 4) is 11.3 Å². The first-order valence-electron chi connectivity index (χ1n) is 6.98. The average molecular weight is 329 g/mol. The van der Waals surface area contributed by atoms with Gasteiger partial charge in [0.25, 0.3) is 5.24 Å². The van der Waals surface area contributed by atoms with Crippen LogP contribution in [-0.2, 0) is 0 Å². The van der Waals surface area contributed by atoms with Gasteiger partial charge >= 0.3 is 0 Å². The molecule has 1 aliphatic heterocycles. The summed E-state index contributed by atoms with van der Waals surface area (Å²) in [6, 6.07) is 12.2. The van der Waals surface area contributed by atoms with Gasteiger partial charge in [-0.1, -0.05) is 50.3 Å². The van der Waals surface area contributed by atoms with E-state index in [2.05, 4.69) is 43.4 Å². The Kier molecular flexibility index (Phi) is 4.18. The average Bonchev–Trinajstić information content (AvgIpc) is 3.06. The molecule has 0 atom stereocenters. The molecule has 22 heavy (non-hydrogen) atoms. The van der Waals surface area contributed by atoms with Gasteiger partial charge < -0.3 is 9.73 Å². The molecule has 0 spiro atoms. The molecule has 2 heterocycles. The summed E-state index contributed by atoms with van der Waals surface area (Å²) in [6.45, 7) is 4.34. The monoisotopic (exact) mass is 329 g/mol. The summed E-state index contributed by atoms with van der Waals surface area (Å²) in [5.74, 6) is 2.00. The van der Waals surface area contributed by atoms with Gasteiger partial charge in [-0.3, -0.25) is 4.79 Å². The molecule has 1 aliphatic rings. The Labute approximate surface area is 138 Å². The fourth-order valence-corrected chi connectivity index (χ4v) is 3.18. The zero-order valence-corrected chi connectivity index (χ0v) is 13.9. The molecule has 5 heteroatoms. The zero-order chi connectivity index (χ0) is 15.7. The SMILES string of the molecule is CC(C)c1ccc(-c2ccc(/C=C3\SC(=O)NC3=S)o2)cc1. The molecule has 0 bridgehead atoms. The molecule has 1 saturated heterocycles. The highest BCUT2D eigenvalue weighted by atomic mass is 32.2. The van der Waals surface area contributed by atoms with E-state index in [1.807, 2.05) is 12.1 Å². The maximum absolute atomic E-state index is 11.3. The van der Waals surface area contributed by atoms with E-state index in [1.165, 1.54) is 5.56 Å². The number of thiocarbonyl (C=S) groups is 1. The molecule has 1 amide bonds. The van der Waals surface area contributed by atoms with Gasteiger partial charge in [0, 0.05) is 5.56 Å². The second-order valence-corrected chi connectivity index (χ2v) is 6.75. The number of hydrogen-bond donors (Lipinski definition) is 1. The number of carbonyl (C=O) groups excluding carboxylic acids is 1. The van der Waals surface area contributed by atoms with Crippen molar-refractivity contribution in [2.75, 3.05) is 0 Å². The van der Waals surface area contributed by atoms with Gasteiger partial charge in [-0.25, -0.2) is 0 Å². The highest BCUT2D eigenvalue weighted by Gasteiger charge is 2.22. The van der Waals surface area contributed by atoms with Gasteiger partial charge in [-0.2, -0.15) is 0 Å². The fourth-order valence-electron chi connectivity index (χ4n) is 2.17. The number of furan rings is 1. The maximum Gasteiger partial charge on any atom is 0.289 e. The molecule has 0 radical (unpaired) electrons. The Balaban J connectivity index is 1.83. The molecule has 3 rings (SSSR count). The lowest BCUT2D eigenvalue weighted by Gasteiger charge is -2.05. The number of thioether (sulfide) groups is 1. The summed E-state index contributed by atoms with van der Waals surface area (Å²) in [5, 5.41) is 2.44. The van der Waals surface area contributed by atoms with Gasteiger partial charge in [-0.15, -0.1) is 0 Å². The molecule has 2 aromatic rings. The highest BCUT2D eigenvalue weighted by molar-refractivity contribution is 8.19. The van der Waals surface area contributed by atoms with Crippen LogP contribution >= 0.6 is 24.0 Å². The second-order valence-electron chi connectivity index (χ2n) is 5.33. The lowest BCUT2D eigenvalue weighted by molar-refractivity contribution is 0.265. The minimum absolute atomic E-state index is 0.146. The van der Waals surface area contributed by atoms with Crippen molar-refractivity contribution in [3.05, 3.63) is 52.6 Å². The fraction of sp³-hybridized carbons (Fsp3) is 0.176. The zero-order valence-electron chi connectivity index (χ0n) is 12.3. The third-order valence-electron chi connectivity index (χ3n) is 3.40. The molecule has 1 aromatic heterocycles. The summed E-state index contributed by atoms with van der Waals surface area (Å²) >= 11 is 6.18. The maximum atomic E-state index is 11.3. The van der Waals surface area contributed by atoms with Crippen molar-refractivity contribution in [1.82, 2.24) is 5.32 Å². The quantitative estimate of drug-likeness (QED) is 0.621. The molecule has 0 saturated carbocycles. The number of nitrogens with one attached hydrogen (secondary N) is 1. The standard InChI is InChI=1S/C17H15NO2S2/c1-10(2)11-3-5-12(6-4-11)14-8-7-13(20-14)9-15-16(21)18-17(19)22-15/h3-10H,1-2H3,(H,18,19,21)/b15-9-. The molecule has 1 N–H and O–H groups in total. The smallest absolute Gasteiger partial charge is 0.289 e. The Morgan fingerprint density at radius 1 is 1.18 bits per heavy atom.